The zero-order valence-electron chi connectivity index (χ0n) is 15.0. The first kappa shape index (κ1) is 20.3. The molecule has 3 rings (SSSR count). The first-order chi connectivity index (χ1) is 12.9. The van der Waals surface area contributed by atoms with Gasteiger partial charge < -0.3 is 10.1 Å². The van der Waals surface area contributed by atoms with Crippen LogP contribution in [0.3, 0.4) is 0 Å². The van der Waals surface area contributed by atoms with Crippen molar-refractivity contribution in [2.45, 2.75) is 28.3 Å². The molecule has 0 radical (unpaired) electrons. The number of hydrogen-bond donors (Lipinski definition) is 1. The van der Waals surface area contributed by atoms with Crippen LogP contribution < -0.4 is 5.32 Å². The average Bonchev–Trinajstić information content (AvgIpc) is 3.07. The summed E-state index contributed by atoms with van der Waals surface area (Å²) in [4.78, 5) is 16.9. The molecule has 146 valence electrons. The van der Waals surface area contributed by atoms with Crippen molar-refractivity contribution in [1.82, 2.24) is 9.29 Å². The van der Waals surface area contributed by atoms with Crippen molar-refractivity contribution in [3.05, 3.63) is 35.3 Å². The molecule has 0 saturated carbocycles. The summed E-state index contributed by atoms with van der Waals surface area (Å²) in [5.41, 5.74) is 1.50. The molecule has 1 aliphatic heterocycles. The van der Waals surface area contributed by atoms with Crippen molar-refractivity contribution >= 4 is 44.7 Å². The van der Waals surface area contributed by atoms with Gasteiger partial charge in [0.15, 0.2) is 4.34 Å². The fourth-order valence-electron chi connectivity index (χ4n) is 2.48. The summed E-state index contributed by atoms with van der Waals surface area (Å²) in [7, 11) is -3.53. The minimum atomic E-state index is -3.53. The third-order valence-electron chi connectivity index (χ3n) is 3.97. The first-order valence-corrected chi connectivity index (χ1v) is 11.6. The Morgan fingerprint density at radius 1 is 1.30 bits per heavy atom. The van der Waals surface area contributed by atoms with E-state index in [1.807, 2.05) is 19.2 Å². The Balaban J connectivity index is 1.62. The molecule has 1 aromatic heterocycles. The van der Waals surface area contributed by atoms with Gasteiger partial charge in [-0.2, -0.15) is 4.31 Å². The second-order valence-electron chi connectivity index (χ2n) is 6.04. The van der Waals surface area contributed by atoms with Crippen molar-refractivity contribution in [2.75, 3.05) is 31.6 Å². The predicted molar refractivity (Wildman–Crippen MR) is 107 cm³/mol. The number of nitrogens with zero attached hydrogens (tertiary/aromatic N) is 2. The van der Waals surface area contributed by atoms with E-state index in [0.29, 0.717) is 32.0 Å². The quantitative estimate of drug-likeness (QED) is 0.713. The van der Waals surface area contributed by atoms with Crippen molar-refractivity contribution in [2.24, 2.45) is 0 Å². The van der Waals surface area contributed by atoms with Gasteiger partial charge in [-0.25, -0.2) is 13.4 Å². The number of anilines is 1. The highest BCUT2D eigenvalue weighted by molar-refractivity contribution is 8.02. The molecule has 7 nitrogen and oxygen atoms in total. The molecule has 1 aromatic carbocycles. The van der Waals surface area contributed by atoms with Crippen LogP contribution in [0.5, 0.6) is 0 Å². The summed E-state index contributed by atoms with van der Waals surface area (Å²) in [5, 5.41) is 4.45. The number of thioether (sulfide) groups is 1. The second-order valence-corrected chi connectivity index (χ2v) is 10.4. The summed E-state index contributed by atoms with van der Waals surface area (Å²) >= 11 is 2.91. The van der Waals surface area contributed by atoms with Gasteiger partial charge in [-0.05, 0) is 38.1 Å². The summed E-state index contributed by atoms with van der Waals surface area (Å²) in [5.74, 6) is -0.156. The van der Waals surface area contributed by atoms with E-state index in [9.17, 15) is 13.2 Å². The molecular formula is C17H21N3O4S3. The number of carbonyl (C=O) groups excluding carboxylic acids is 1. The maximum atomic E-state index is 12.6. The molecule has 0 aliphatic carbocycles. The van der Waals surface area contributed by atoms with Gasteiger partial charge >= 0.3 is 0 Å². The first-order valence-electron chi connectivity index (χ1n) is 8.44. The Morgan fingerprint density at radius 2 is 1.96 bits per heavy atom. The van der Waals surface area contributed by atoms with E-state index in [1.165, 1.54) is 39.5 Å². The normalized spacial score (nSPS) is 16.8. The Kier molecular flexibility index (Phi) is 6.53. The Labute approximate surface area is 167 Å². The number of benzene rings is 1. The zero-order chi connectivity index (χ0) is 19.4. The smallest absolute Gasteiger partial charge is 0.243 e. The fourth-order valence-corrected chi connectivity index (χ4v) is 5.87. The maximum Gasteiger partial charge on any atom is 0.243 e. The molecule has 2 heterocycles. The molecule has 27 heavy (non-hydrogen) atoms. The van der Waals surface area contributed by atoms with Gasteiger partial charge in [-0.15, -0.1) is 11.3 Å². The topological polar surface area (TPSA) is 88.6 Å². The monoisotopic (exact) mass is 427 g/mol. The molecule has 0 spiro atoms. The summed E-state index contributed by atoms with van der Waals surface area (Å²) in [6, 6.07) is 6.25. The highest BCUT2D eigenvalue weighted by Crippen LogP contribution is 2.27. The predicted octanol–water partition coefficient (Wildman–Crippen LogP) is 2.59. The van der Waals surface area contributed by atoms with Gasteiger partial charge in [-0.1, -0.05) is 11.8 Å². The highest BCUT2D eigenvalue weighted by Gasteiger charge is 2.26. The van der Waals surface area contributed by atoms with E-state index in [4.69, 9.17) is 4.74 Å². The number of thiazole rings is 1. The molecule has 2 aromatic rings. The van der Waals surface area contributed by atoms with Crippen LogP contribution in [0.1, 0.15) is 12.6 Å². The van der Waals surface area contributed by atoms with Crippen LogP contribution in [0.4, 0.5) is 5.69 Å². The van der Waals surface area contributed by atoms with E-state index in [1.54, 1.807) is 12.1 Å². The van der Waals surface area contributed by atoms with Crippen LogP contribution in [0.25, 0.3) is 0 Å². The van der Waals surface area contributed by atoms with Crippen molar-refractivity contribution < 1.29 is 17.9 Å². The molecule has 1 saturated heterocycles. The average molecular weight is 428 g/mol. The largest absolute Gasteiger partial charge is 0.379 e. The van der Waals surface area contributed by atoms with Crippen molar-refractivity contribution in [3.8, 4) is 0 Å². The lowest BCUT2D eigenvalue weighted by molar-refractivity contribution is -0.115. The van der Waals surface area contributed by atoms with Crippen LogP contribution in [0.2, 0.25) is 0 Å². The molecule has 1 fully saturated rings. The summed E-state index contributed by atoms with van der Waals surface area (Å²) in [6.07, 6.45) is 0. The van der Waals surface area contributed by atoms with Crippen LogP contribution >= 0.6 is 23.1 Å². The molecule has 1 amide bonds. The van der Waals surface area contributed by atoms with Crippen molar-refractivity contribution in [1.29, 1.82) is 0 Å². The SMILES string of the molecule is Cc1csc(SC(C)C(=O)Nc2ccc(S(=O)(=O)N3CCOCC3)cc2)n1. The third-order valence-corrected chi connectivity index (χ3v) is 8.08. The van der Waals surface area contributed by atoms with E-state index >= 15 is 0 Å². The lowest BCUT2D eigenvalue weighted by Gasteiger charge is -2.26. The number of aromatic nitrogens is 1. The molecule has 1 unspecified atom stereocenters. The molecule has 1 N–H and O–H groups in total. The number of nitrogens with one attached hydrogen (secondary N) is 1. The van der Waals surface area contributed by atoms with Crippen LogP contribution in [-0.2, 0) is 19.6 Å². The number of carbonyl (C=O) groups is 1. The van der Waals surface area contributed by atoms with Gasteiger partial charge in [0, 0.05) is 29.9 Å². The van der Waals surface area contributed by atoms with Crippen molar-refractivity contribution in [3.63, 3.8) is 0 Å². The van der Waals surface area contributed by atoms with Gasteiger partial charge in [0.1, 0.15) is 0 Å². The minimum Gasteiger partial charge on any atom is -0.379 e. The maximum absolute atomic E-state index is 12.6. The van der Waals surface area contributed by atoms with Gasteiger partial charge in [-0.3, -0.25) is 4.79 Å². The number of morpholine rings is 1. The zero-order valence-corrected chi connectivity index (χ0v) is 17.5. The number of ether oxygens (including phenoxy) is 1. The van der Waals surface area contributed by atoms with Gasteiger partial charge in [0.2, 0.25) is 15.9 Å². The van der Waals surface area contributed by atoms with E-state index in [0.717, 1.165) is 10.0 Å². The third kappa shape index (κ3) is 5.08. The number of rotatable bonds is 6. The molecule has 1 aliphatic rings. The second kappa shape index (κ2) is 8.70. The molecule has 0 bridgehead atoms. The number of amides is 1. The van der Waals surface area contributed by atoms with Crippen LogP contribution in [0.15, 0.2) is 38.9 Å². The highest BCUT2D eigenvalue weighted by atomic mass is 32.2. The number of sulfonamides is 1. The molecule has 1 atom stereocenters. The lowest BCUT2D eigenvalue weighted by Crippen LogP contribution is -2.40. The summed E-state index contributed by atoms with van der Waals surface area (Å²) < 4.78 is 32.7. The van der Waals surface area contributed by atoms with Crippen LogP contribution in [-0.4, -0.2) is 55.2 Å². The summed E-state index contributed by atoms with van der Waals surface area (Å²) in [6.45, 7) is 5.24. The van der Waals surface area contributed by atoms with Crippen LogP contribution in [0, 0.1) is 6.92 Å². The Hall–Kier alpha value is -1.46. The Morgan fingerprint density at radius 3 is 2.56 bits per heavy atom. The lowest BCUT2D eigenvalue weighted by atomic mass is 10.3. The number of hydrogen-bond acceptors (Lipinski definition) is 7. The van der Waals surface area contributed by atoms with Gasteiger partial charge in [0.05, 0.1) is 23.4 Å². The number of aryl methyl sites for hydroxylation is 1. The van der Waals surface area contributed by atoms with Gasteiger partial charge in [0.25, 0.3) is 0 Å². The van der Waals surface area contributed by atoms with E-state index in [2.05, 4.69) is 10.3 Å². The van der Waals surface area contributed by atoms with E-state index < -0.39 is 10.0 Å². The standard InChI is InChI=1S/C17H21N3O4S3/c1-12-11-25-17(18-12)26-13(2)16(21)19-14-3-5-15(6-4-14)27(22,23)20-7-9-24-10-8-20/h3-6,11,13H,7-10H2,1-2H3,(H,19,21). The molecular weight excluding hydrogens is 406 g/mol. The fraction of sp³-hybridized carbons (Fsp3) is 0.412. The molecule has 10 heteroatoms. The van der Waals surface area contributed by atoms with E-state index in [-0.39, 0.29) is 16.1 Å². The minimum absolute atomic E-state index is 0.156. The Bertz CT molecular complexity index is 890.